The Labute approximate surface area is 131 Å². The second-order valence-corrected chi connectivity index (χ2v) is 5.84. The van der Waals surface area contributed by atoms with Gasteiger partial charge in [0.25, 0.3) is 0 Å². The van der Waals surface area contributed by atoms with Crippen LogP contribution in [0, 0.1) is 22.7 Å². The van der Waals surface area contributed by atoms with Crippen LogP contribution in [0.3, 0.4) is 0 Å². The molecule has 21 heavy (non-hydrogen) atoms. The van der Waals surface area contributed by atoms with E-state index in [9.17, 15) is 0 Å². The molecule has 0 amide bonds. The van der Waals surface area contributed by atoms with Crippen LogP contribution in [0.2, 0.25) is 0 Å². The second-order valence-electron chi connectivity index (χ2n) is 5.84. The van der Waals surface area contributed by atoms with E-state index in [1.165, 1.54) is 64.2 Å². The SMILES string of the molecule is CCCCCCCCCCCCN(CCC#N)CCC#N. The largest absolute Gasteiger partial charge is 0.301 e. The molecule has 0 bridgehead atoms. The van der Waals surface area contributed by atoms with Crippen LogP contribution in [0.5, 0.6) is 0 Å². The van der Waals surface area contributed by atoms with E-state index in [1.54, 1.807) is 0 Å². The molecule has 3 nitrogen and oxygen atoms in total. The molecule has 0 aliphatic carbocycles. The van der Waals surface area contributed by atoms with Crippen molar-refractivity contribution in [1.29, 1.82) is 10.5 Å². The standard InChI is InChI=1S/C18H33N3/c1-2-3-4-5-6-7-8-9-10-11-16-21(17-12-14-19)18-13-15-20/h2-13,16-18H2,1H3. The lowest BCUT2D eigenvalue weighted by molar-refractivity contribution is 0.278. The summed E-state index contributed by atoms with van der Waals surface area (Å²) in [5, 5.41) is 17.3. The van der Waals surface area contributed by atoms with Gasteiger partial charge in [-0.15, -0.1) is 0 Å². The molecule has 0 aromatic carbocycles. The summed E-state index contributed by atoms with van der Waals surface area (Å²) in [5.74, 6) is 0. The Morgan fingerprint density at radius 1 is 0.619 bits per heavy atom. The van der Waals surface area contributed by atoms with Crippen LogP contribution in [0.25, 0.3) is 0 Å². The van der Waals surface area contributed by atoms with E-state index in [0.29, 0.717) is 12.8 Å². The Morgan fingerprint density at radius 2 is 1.05 bits per heavy atom. The molecule has 0 heterocycles. The van der Waals surface area contributed by atoms with Gasteiger partial charge in [0.1, 0.15) is 0 Å². The molecule has 0 atom stereocenters. The summed E-state index contributed by atoms with van der Waals surface area (Å²) in [6, 6.07) is 4.38. The van der Waals surface area contributed by atoms with Gasteiger partial charge >= 0.3 is 0 Å². The van der Waals surface area contributed by atoms with Gasteiger partial charge in [-0.2, -0.15) is 10.5 Å². The lowest BCUT2D eigenvalue weighted by atomic mass is 10.1. The topological polar surface area (TPSA) is 50.8 Å². The van der Waals surface area contributed by atoms with Crippen LogP contribution in [0.15, 0.2) is 0 Å². The average Bonchev–Trinajstić information content (AvgIpc) is 2.51. The van der Waals surface area contributed by atoms with E-state index < -0.39 is 0 Å². The van der Waals surface area contributed by atoms with Crippen molar-refractivity contribution in [2.24, 2.45) is 0 Å². The van der Waals surface area contributed by atoms with Gasteiger partial charge in [0.15, 0.2) is 0 Å². The summed E-state index contributed by atoms with van der Waals surface area (Å²) < 4.78 is 0. The van der Waals surface area contributed by atoms with Crippen molar-refractivity contribution in [3.8, 4) is 12.1 Å². The normalized spacial score (nSPS) is 10.5. The quantitative estimate of drug-likeness (QED) is 0.397. The lowest BCUT2D eigenvalue weighted by Crippen LogP contribution is -2.26. The molecule has 0 rings (SSSR count). The number of hydrogen-bond acceptors (Lipinski definition) is 3. The first-order chi connectivity index (χ1) is 10.3. The van der Waals surface area contributed by atoms with Crippen LogP contribution >= 0.6 is 0 Å². The van der Waals surface area contributed by atoms with Crippen molar-refractivity contribution in [2.75, 3.05) is 19.6 Å². The molecular weight excluding hydrogens is 258 g/mol. The minimum atomic E-state index is 0.573. The number of rotatable bonds is 15. The number of hydrogen-bond donors (Lipinski definition) is 0. The molecule has 0 aliphatic heterocycles. The first-order valence-electron chi connectivity index (χ1n) is 8.81. The van der Waals surface area contributed by atoms with Crippen LogP contribution < -0.4 is 0 Å². The summed E-state index contributed by atoms with van der Waals surface area (Å²) in [7, 11) is 0. The molecule has 0 saturated heterocycles. The Balaban J connectivity index is 3.40. The first-order valence-corrected chi connectivity index (χ1v) is 8.81. The van der Waals surface area contributed by atoms with Gasteiger partial charge < -0.3 is 4.90 Å². The number of unbranched alkanes of at least 4 members (excludes halogenated alkanes) is 9. The predicted octanol–water partition coefficient (Wildman–Crippen LogP) is 5.04. The molecule has 0 N–H and O–H groups in total. The highest BCUT2D eigenvalue weighted by Gasteiger charge is 2.03. The highest BCUT2D eigenvalue weighted by Crippen LogP contribution is 2.11. The van der Waals surface area contributed by atoms with Gasteiger partial charge in [-0.05, 0) is 13.0 Å². The van der Waals surface area contributed by atoms with E-state index in [2.05, 4.69) is 24.0 Å². The van der Waals surface area contributed by atoms with Crippen molar-refractivity contribution in [2.45, 2.75) is 84.0 Å². The molecule has 3 heteroatoms. The zero-order valence-electron chi connectivity index (χ0n) is 13.9. The van der Waals surface area contributed by atoms with Crippen LogP contribution in [-0.4, -0.2) is 24.5 Å². The molecule has 0 spiro atoms. The fourth-order valence-electron chi connectivity index (χ4n) is 2.57. The van der Waals surface area contributed by atoms with Crippen molar-refractivity contribution in [3.05, 3.63) is 0 Å². The van der Waals surface area contributed by atoms with E-state index in [4.69, 9.17) is 10.5 Å². The fraction of sp³-hybridized carbons (Fsp3) is 0.889. The molecule has 0 fully saturated rings. The maximum absolute atomic E-state index is 8.64. The third-order valence-corrected chi connectivity index (χ3v) is 3.91. The van der Waals surface area contributed by atoms with Gasteiger partial charge in [-0.1, -0.05) is 64.7 Å². The van der Waals surface area contributed by atoms with Gasteiger partial charge in [0, 0.05) is 25.9 Å². The lowest BCUT2D eigenvalue weighted by Gasteiger charge is -2.19. The maximum atomic E-state index is 8.64. The Hall–Kier alpha value is -1.06. The van der Waals surface area contributed by atoms with Crippen LogP contribution in [-0.2, 0) is 0 Å². The summed E-state index contributed by atoms with van der Waals surface area (Å²) in [4.78, 5) is 2.26. The predicted molar refractivity (Wildman–Crippen MR) is 88.7 cm³/mol. The molecule has 0 aromatic rings. The van der Waals surface area contributed by atoms with Crippen molar-refractivity contribution in [1.82, 2.24) is 4.90 Å². The molecular formula is C18H33N3. The van der Waals surface area contributed by atoms with E-state index in [0.717, 1.165) is 19.6 Å². The van der Waals surface area contributed by atoms with Gasteiger partial charge in [0.2, 0.25) is 0 Å². The third-order valence-electron chi connectivity index (χ3n) is 3.91. The minimum absolute atomic E-state index is 0.573. The minimum Gasteiger partial charge on any atom is -0.301 e. The summed E-state index contributed by atoms with van der Waals surface area (Å²) in [6.07, 6.45) is 14.6. The first kappa shape index (κ1) is 19.9. The summed E-state index contributed by atoms with van der Waals surface area (Å²) >= 11 is 0. The van der Waals surface area contributed by atoms with Crippen LogP contribution in [0.4, 0.5) is 0 Å². The monoisotopic (exact) mass is 291 g/mol. The maximum Gasteiger partial charge on any atom is 0.0635 e. The smallest absolute Gasteiger partial charge is 0.0635 e. The highest BCUT2D eigenvalue weighted by atomic mass is 15.1. The van der Waals surface area contributed by atoms with Crippen LogP contribution in [0.1, 0.15) is 84.0 Å². The highest BCUT2D eigenvalue weighted by molar-refractivity contribution is 4.76. The third kappa shape index (κ3) is 15.2. The van der Waals surface area contributed by atoms with Gasteiger partial charge in [-0.3, -0.25) is 0 Å². The van der Waals surface area contributed by atoms with Crippen molar-refractivity contribution in [3.63, 3.8) is 0 Å². The average molecular weight is 291 g/mol. The molecule has 0 aliphatic rings. The van der Waals surface area contributed by atoms with E-state index >= 15 is 0 Å². The molecule has 0 unspecified atom stereocenters. The van der Waals surface area contributed by atoms with Crippen molar-refractivity contribution >= 4 is 0 Å². The molecule has 120 valence electrons. The second kappa shape index (κ2) is 17.0. The fourth-order valence-corrected chi connectivity index (χ4v) is 2.57. The molecule has 0 radical (unpaired) electrons. The zero-order valence-corrected chi connectivity index (χ0v) is 13.9. The Morgan fingerprint density at radius 3 is 1.48 bits per heavy atom. The van der Waals surface area contributed by atoms with E-state index in [-0.39, 0.29) is 0 Å². The van der Waals surface area contributed by atoms with E-state index in [1.807, 2.05) is 0 Å². The summed E-state index contributed by atoms with van der Waals surface area (Å²) in [6.45, 7) is 4.93. The molecule has 0 aromatic heterocycles. The summed E-state index contributed by atoms with van der Waals surface area (Å²) in [5.41, 5.74) is 0. The Bertz CT molecular complexity index is 270. The zero-order chi connectivity index (χ0) is 15.6. The molecule has 0 saturated carbocycles. The number of nitriles is 2. The Kier molecular flexibility index (Phi) is 16.1. The van der Waals surface area contributed by atoms with Gasteiger partial charge in [-0.25, -0.2) is 0 Å². The van der Waals surface area contributed by atoms with Gasteiger partial charge in [0.05, 0.1) is 12.1 Å². The van der Waals surface area contributed by atoms with Crippen molar-refractivity contribution < 1.29 is 0 Å². The number of nitrogens with zero attached hydrogens (tertiary/aromatic N) is 3.